The molecule has 92 valence electrons. The van der Waals surface area contributed by atoms with Crippen LogP contribution in [0, 0.1) is 9.49 Å². The van der Waals surface area contributed by atoms with Crippen LogP contribution in [0.5, 0.6) is 0 Å². The Hall–Kier alpha value is -0.760. The van der Waals surface area contributed by atoms with Gasteiger partial charge in [-0.1, -0.05) is 13.8 Å². The van der Waals surface area contributed by atoms with Crippen molar-refractivity contribution in [3.05, 3.63) is 21.9 Å². The number of rotatable bonds is 3. The molecular formula is C11H14IN3OS. The molecule has 0 unspecified atom stereocenters. The van der Waals surface area contributed by atoms with E-state index in [9.17, 15) is 4.79 Å². The summed E-state index contributed by atoms with van der Waals surface area (Å²) in [6.07, 6.45) is 2.18. The number of amides is 1. The van der Waals surface area contributed by atoms with Gasteiger partial charge in [-0.15, -0.1) is 0 Å². The van der Waals surface area contributed by atoms with Crippen molar-refractivity contribution in [2.75, 3.05) is 5.32 Å². The zero-order valence-corrected chi connectivity index (χ0v) is 12.6. The molecule has 0 atom stereocenters. The second-order valence-corrected chi connectivity index (χ2v) is 5.62. The fourth-order valence-electron chi connectivity index (χ4n) is 1.15. The molecule has 0 spiro atoms. The van der Waals surface area contributed by atoms with Gasteiger partial charge in [0.2, 0.25) is 5.91 Å². The lowest BCUT2D eigenvalue weighted by Gasteiger charge is -2.09. The van der Waals surface area contributed by atoms with Crippen LogP contribution in [0.1, 0.15) is 20.3 Å². The SMILES string of the molecule is CC(C)CC(=O)NC(=S)Nc1ccc(I)cn1. The molecule has 6 heteroatoms. The molecule has 1 aromatic rings. The highest BCUT2D eigenvalue weighted by molar-refractivity contribution is 14.1. The van der Waals surface area contributed by atoms with Crippen LogP contribution in [0.25, 0.3) is 0 Å². The largest absolute Gasteiger partial charge is 0.317 e. The minimum absolute atomic E-state index is 0.0805. The number of pyridine rings is 1. The van der Waals surface area contributed by atoms with Gasteiger partial charge >= 0.3 is 0 Å². The highest BCUT2D eigenvalue weighted by Gasteiger charge is 2.07. The van der Waals surface area contributed by atoms with E-state index in [-0.39, 0.29) is 11.0 Å². The predicted molar refractivity (Wildman–Crippen MR) is 80.8 cm³/mol. The molecular weight excluding hydrogens is 349 g/mol. The van der Waals surface area contributed by atoms with E-state index in [1.54, 1.807) is 6.20 Å². The van der Waals surface area contributed by atoms with Crippen LogP contribution in [0.4, 0.5) is 5.82 Å². The van der Waals surface area contributed by atoms with Crippen molar-refractivity contribution in [3.63, 3.8) is 0 Å². The quantitative estimate of drug-likeness (QED) is 0.640. The Morgan fingerprint density at radius 3 is 2.76 bits per heavy atom. The number of halogens is 1. The molecule has 1 rings (SSSR count). The third-order valence-corrected chi connectivity index (χ3v) is 2.66. The minimum Gasteiger partial charge on any atom is -0.317 e. The zero-order chi connectivity index (χ0) is 12.8. The Kier molecular flexibility index (Phi) is 5.76. The monoisotopic (exact) mass is 363 g/mol. The maximum Gasteiger partial charge on any atom is 0.226 e. The van der Waals surface area contributed by atoms with Crippen molar-refractivity contribution >= 4 is 51.6 Å². The Balaban J connectivity index is 2.44. The molecule has 0 aliphatic heterocycles. The van der Waals surface area contributed by atoms with Crippen molar-refractivity contribution in [1.29, 1.82) is 0 Å². The molecule has 2 N–H and O–H groups in total. The second kappa shape index (κ2) is 6.85. The lowest BCUT2D eigenvalue weighted by molar-refractivity contribution is -0.120. The Morgan fingerprint density at radius 1 is 1.53 bits per heavy atom. The van der Waals surface area contributed by atoms with E-state index in [1.165, 1.54) is 0 Å². The number of hydrogen-bond acceptors (Lipinski definition) is 3. The van der Waals surface area contributed by atoms with Gasteiger partial charge in [-0.05, 0) is 52.9 Å². The van der Waals surface area contributed by atoms with E-state index in [0.29, 0.717) is 18.2 Å². The van der Waals surface area contributed by atoms with Crippen LogP contribution in [0.15, 0.2) is 18.3 Å². The summed E-state index contributed by atoms with van der Waals surface area (Å²) in [6.45, 7) is 3.97. The molecule has 1 aromatic heterocycles. The van der Waals surface area contributed by atoms with Crippen LogP contribution in [-0.2, 0) is 4.79 Å². The van der Waals surface area contributed by atoms with E-state index in [2.05, 4.69) is 38.2 Å². The molecule has 0 bridgehead atoms. The lowest BCUT2D eigenvalue weighted by Crippen LogP contribution is -2.34. The minimum atomic E-state index is -0.0805. The van der Waals surface area contributed by atoms with E-state index >= 15 is 0 Å². The fourth-order valence-corrected chi connectivity index (χ4v) is 1.68. The van der Waals surface area contributed by atoms with Crippen molar-refractivity contribution in [3.8, 4) is 0 Å². The number of aromatic nitrogens is 1. The van der Waals surface area contributed by atoms with Crippen LogP contribution >= 0.6 is 34.8 Å². The van der Waals surface area contributed by atoms with Crippen molar-refractivity contribution < 1.29 is 4.79 Å². The third kappa shape index (κ3) is 5.92. The average molecular weight is 363 g/mol. The molecule has 4 nitrogen and oxygen atoms in total. The Labute approximate surface area is 120 Å². The summed E-state index contributed by atoms with van der Waals surface area (Å²) in [7, 11) is 0. The number of carbonyl (C=O) groups excluding carboxylic acids is 1. The number of nitrogens with one attached hydrogen (secondary N) is 2. The second-order valence-electron chi connectivity index (χ2n) is 3.96. The van der Waals surface area contributed by atoms with Crippen molar-refractivity contribution in [1.82, 2.24) is 10.3 Å². The van der Waals surface area contributed by atoms with E-state index in [4.69, 9.17) is 12.2 Å². The average Bonchev–Trinajstić information content (AvgIpc) is 2.19. The standard InChI is InChI=1S/C11H14IN3OS/c1-7(2)5-10(16)15-11(17)14-9-4-3-8(12)6-13-9/h3-4,6-7H,5H2,1-2H3,(H2,13,14,15,16,17). The first-order chi connectivity index (χ1) is 7.97. The van der Waals surface area contributed by atoms with Crippen molar-refractivity contribution in [2.24, 2.45) is 5.92 Å². The summed E-state index contributed by atoms with van der Waals surface area (Å²) < 4.78 is 1.04. The molecule has 0 saturated carbocycles. The van der Waals surface area contributed by atoms with Crippen molar-refractivity contribution in [2.45, 2.75) is 20.3 Å². The van der Waals surface area contributed by atoms with Gasteiger partial charge in [-0.2, -0.15) is 0 Å². The third-order valence-electron chi connectivity index (χ3n) is 1.82. The molecule has 0 aliphatic carbocycles. The normalized spacial score (nSPS) is 10.1. The van der Waals surface area contributed by atoms with Gasteiger partial charge in [-0.25, -0.2) is 4.98 Å². The lowest BCUT2D eigenvalue weighted by atomic mass is 10.1. The van der Waals surface area contributed by atoms with Gasteiger partial charge in [-0.3, -0.25) is 4.79 Å². The highest BCUT2D eigenvalue weighted by Crippen LogP contribution is 2.06. The van der Waals surface area contributed by atoms with E-state index in [1.807, 2.05) is 26.0 Å². The number of thiocarbonyl (C=S) groups is 1. The molecule has 0 radical (unpaired) electrons. The number of anilines is 1. The highest BCUT2D eigenvalue weighted by atomic mass is 127. The Morgan fingerprint density at radius 2 is 2.24 bits per heavy atom. The van der Waals surface area contributed by atoms with Crippen LogP contribution < -0.4 is 10.6 Å². The molecule has 17 heavy (non-hydrogen) atoms. The van der Waals surface area contributed by atoms with E-state index < -0.39 is 0 Å². The van der Waals surface area contributed by atoms with Gasteiger partial charge < -0.3 is 10.6 Å². The van der Waals surface area contributed by atoms with Crippen LogP contribution in [0.3, 0.4) is 0 Å². The summed E-state index contributed by atoms with van der Waals surface area (Å²) in [4.78, 5) is 15.6. The van der Waals surface area contributed by atoms with Crippen LogP contribution in [0.2, 0.25) is 0 Å². The van der Waals surface area contributed by atoms with E-state index in [0.717, 1.165) is 3.57 Å². The number of carbonyl (C=O) groups is 1. The molecule has 0 fully saturated rings. The van der Waals surface area contributed by atoms with Gasteiger partial charge in [0.15, 0.2) is 5.11 Å². The Bertz CT molecular complexity index is 406. The molecule has 1 amide bonds. The maximum atomic E-state index is 11.4. The van der Waals surface area contributed by atoms with Gasteiger partial charge in [0, 0.05) is 16.2 Å². The van der Waals surface area contributed by atoms with Gasteiger partial charge in [0.25, 0.3) is 0 Å². The maximum absolute atomic E-state index is 11.4. The summed E-state index contributed by atoms with van der Waals surface area (Å²) >= 11 is 7.18. The predicted octanol–water partition coefficient (Wildman–Crippen LogP) is 2.55. The molecule has 1 heterocycles. The summed E-state index contributed by atoms with van der Waals surface area (Å²) in [6, 6.07) is 3.72. The first-order valence-corrected chi connectivity index (χ1v) is 6.68. The first kappa shape index (κ1) is 14.3. The van der Waals surface area contributed by atoms with Gasteiger partial charge in [0.05, 0.1) is 0 Å². The number of hydrogen-bond donors (Lipinski definition) is 2. The number of nitrogens with zero attached hydrogens (tertiary/aromatic N) is 1. The topological polar surface area (TPSA) is 54.0 Å². The molecule has 0 saturated heterocycles. The molecule has 0 aromatic carbocycles. The fraction of sp³-hybridized carbons (Fsp3) is 0.364. The first-order valence-electron chi connectivity index (χ1n) is 5.19. The van der Waals surface area contributed by atoms with Crippen LogP contribution in [-0.4, -0.2) is 16.0 Å². The molecule has 0 aliphatic rings. The summed E-state index contributed by atoms with van der Waals surface area (Å²) in [5.41, 5.74) is 0. The summed E-state index contributed by atoms with van der Waals surface area (Å²) in [5.74, 6) is 0.859. The zero-order valence-electron chi connectivity index (χ0n) is 9.66. The van der Waals surface area contributed by atoms with Gasteiger partial charge in [0.1, 0.15) is 5.82 Å². The summed E-state index contributed by atoms with van der Waals surface area (Å²) in [5, 5.41) is 5.75. The smallest absolute Gasteiger partial charge is 0.226 e.